The summed E-state index contributed by atoms with van der Waals surface area (Å²) in [4.78, 5) is 15.5. The first-order chi connectivity index (χ1) is 16.8. The van der Waals surface area contributed by atoms with Gasteiger partial charge in [-0.15, -0.1) is 0 Å². The maximum absolute atomic E-state index is 13.5. The van der Waals surface area contributed by atoms with Crippen molar-refractivity contribution in [3.05, 3.63) is 82.2 Å². The third-order valence-corrected chi connectivity index (χ3v) is 8.10. The van der Waals surface area contributed by atoms with Gasteiger partial charge < -0.3 is 10.2 Å². The summed E-state index contributed by atoms with van der Waals surface area (Å²) in [5.74, 6) is 0.0203. The molecule has 3 N–H and O–H groups in total. The molecular formula is C26H31N5O3S. The number of primary sulfonamides is 1. The van der Waals surface area contributed by atoms with Crippen molar-refractivity contribution in [3.8, 4) is 0 Å². The normalized spacial score (nSPS) is 17.7. The number of fused-ring (bicyclic) bond motifs is 2. The van der Waals surface area contributed by atoms with Crippen LogP contribution in [0, 0.1) is 0 Å². The zero-order valence-electron chi connectivity index (χ0n) is 19.9. The lowest BCUT2D eigenvalue weighted by Gasteiger charge is -2.29. The number of carbonyl (C=O) groups excluding carboxylic acids is 1. The molecule has 5 rings (SSSR count). The van der Waals surface area contributed by atoms with Gasteiger partial charge in [-0.25, -0.2) is 13.6 Å². The van der Waals surface area contributed by atoms with Gasteiger partial charge in [-0.1, -0.05) is 36.4 Å². The molecule has 3 aromatic rings. The maximum atomic E-state index is 13.5. The molecule has 1 aliphatic heterocycles. The largest absolute Gasteiger partial charge is 0.333 e. The van der Waals surface area contributed by atoms with E-state index in [9.17, 15) is 13.2 Å². The number of amides is 1. The van der Waals surface area contributed by atoms with Crippen molar-refractivity contribution in [2.75, 3.05) is 13.1 Å². The molecule has 35 heavy (non-hydrogen) atoms. The Kier molecular flexibility index (Phi) is 6.48. The number of aromatic nitrogens is 2. The second kappa shape index (κ2) is 9.56. The molecule has 0 unspecified atom stereocenters. The van der Waals surface area contributed by atoms with Crippen molar-refractivity contribution in [1.29, 1.82) is 0 Å². The molecule has 2 aliphatic rings. The summed E-state index contributed by atoms with van der Waals surface area (Å²) in [5, 5.41) is 13.4. The molecule has 1 aromatic heterocycles. The molecule has 0 saturated heterocycles. The fourth-order valence-corrected chi connectivity index (χ4v) is 5.74. The topological polar surface area (TPSA) is 110 Å². The fourth-order valence-electron chi connectivity index (χ4n) is 5.22. The van der Waals surface area contributed by atoms with Crippen LogP contribution in [0.15, 0.2) is 53.4 Å². The molecule has 1 atom stereocenters. The molecule has 0 saturated carbocycles. The lowest BCUT2D eigenvalue weighted by atomic mass is 9.90. The van der Waals surface area contributed by atoms with E-state index >= 15 is 0 Å². The molecule has 184 valence electrons. The number of benzene rings is 2. The minimum absolute atomic E-state index is 0.0203. The van der Waals surface area contributed by atoms with Gasteiger partial charge in [0.05, 0.1) is 4.90 Å². The summed E-state index contributed by atoms with van der Waals surface area (Å²) in [6.07, 6.45) is 4.30. The van der Waals surface area contributed by atoms with Crippen molar-refractivity contribution in [3.63, 3.8) is 0 Å². The molecule has 0 bridgehead atoms. The Bertz CT molecular complexity index is 1350. The van der Waals surface area contributed by atoms with E-state index in [-0.39, 0.29) is 16.8 Å². The number of nitrogens with two attached hydrogens (primary N) is 1. The van der Waals surface area contributed by atoms with Gasteiger partial charge in [0.15, 0.2) is 5.69 Å². The van der Waals surface area contributed by atoms with E-state index in [0.29, 0.717) is 18.8 Å². The number of carbonyl (C=O) groups is 1. The van der Waals surface area contributed by atoms with Crippen LogP contribution in [0.5, 0.6) is 0 Å². The molecule has 0 fully saturated rings. The quantitative estimate of drug-likeness (QED) is 0.545. The Morgan fingerprint density at radius 3 is 2.60 bits per heavy atom. The Morgan fingerprint density at radius 1 is 1.11 bits per heavy atom. The van der Waals surface area contributed by atoms with Gasteiger partial charge in [0, 0.05) is 37.4 Å². The van der Waals surface area contributed by atoms with E-state index in [1.807, 2.05) is 22.7 Å². The van der Waals surface area contributed by atoms with Crippen LogP contribution in [-0.4, -0.2) is 48.1 Å². The van der Waals surface area contributed by atoms with Crippen LogP contribution in [0.1, 0.15) is 44.9 Å². The number of hydrogen-bond donors (Lipinski definition) is 2. The molecule has 8 nitrogen and oxygen atoms in total. The average molecular weight is 494 g/mol. The van der Waals surface area contributed by atoms with Crippen molar-refractivity contribution in [2.24, 2.45) is 12.2 Å². The molecule has 0 radical (unpaired) electrons. The van der Waals surface area contributed by atoms with Gasteiger partial charge in [0.2, 0.25) is 10.0 Å². The van der Waals surface area contributed by atoms with Gasteiger partial charge in [-0.05, 0) is 67.5 Å². The van der Waals surface area contributed by atoms with Gasteiger partial charge >= 0.3 is 0 Å². The van der Waals surface area contributed by atoms with Crippen LogP contribution in [-0.2, 0) is 49.3 Å². The Balaban J connectivity index is 1.23. The lowest BCUT2D eigenvalue weighted by Crippen LogP contribution is -2.38. The first-order valence-electron chi connectivity index (χ1n) is 12.1. The first kappa shape index (κ1) is 23.7. The second-order valence-corrected chi connectivity index (χ2v) is 11.0. The number of hydrogen-bond acceptors (Lipinski definition) is 5. The van der Waals surface area contributed by atoms with Crippen molar-refractivity contribution < 1.29 is 13.2 Å². The Hall–Kier alpha value is -3.01. The highest BCUT2D eigenvalue weighted by Gasteiger charge is 2.31. The highest BCUT2D eigenvalue weighted by atomic mass is 32.2. The van der Waals surface area contributed by atoms with E-state index in [2.05, 4.69) is 28.6 Å². The fraction of sp³-hybridized carbons (Fsp3) is 0.385. The lowest BCUT2D eigenvalue weighted by molar-refractivity contribution is 0.0726. The predicted octanol–water partition coefficient (Wildman–Crippen LogP) is 1.96. The molecule has 1 aliphatic carbocycles. The minimum atomic E-state index is -3.67. The first-order valence-corrected chi connectivity index (χ1v) is 13.6. The van der Waals surface area contributed by atoms with Crippen molar-refractivity contribution in [1.82, 2.24) is 20.0 Å². The summed E-state index contributed by atoms with van der Waals surface area (Å²) in [6.45, 7) is 2.11. The van der Waals surface area contributed by atoms with E-state index in [1.165, 1.54) is 11.1 Å². The number of sulfonamides is 1. The molecule has 2 heterocycles. The van der Waals surface area contributed by atoms with Crippen LogP contribution >= 0.6 is 0 Å². The number of aryl methyl sites for hydroxylation is 1. The monoisotopic (exact) mass is 493 g/mol. The van der Waals surface area contributed by atoms with Gasteiger partial charge in [0.1, 0.15) is 0 Å². The number of rotatable bonds is 6. The van der Waals surface area contributed by atoms with Gasteiger partial charge in [0.25, 0.3) is 5.91 Å². The van der Waals surface area contributed by atoms with Crippen molar-refractivity contribution in [2.45, 2.75) is 49.6 Å². The third kappa shape index (κ3) is 5.03. The number of nitrogens with one attached hydrogen (secondary N) is 1. The van der Waals surface area contributed by atoms with Crippen LogP contribution in [0.2, 0.25) is 0 Å². The SMILES string of the molecule is Cn1nc(C(=O)N2CCc3ccccc3C2)c2c1CC[C@H](NCCc1ccc(S(N)(=O)=O)cc1)C2. The predicted molar refractivity (Wildman–Crippen MR) is 133 cm³/mol. The molecule has 2 aromatic carbocycles. The summed E-state index contributed by atoms with van der Waals surface area (Å²) in [6, 6.07) is 15.3. The standard InChI is InChI=1S/C26H31N5O3S/c1-30-24-11-8-21(28-14-12-18-6-9-22(10-7-18)35(27,33)34)16-23(24)25(29-30)26(32)31-15-13-19-4-2-3-5-20(19)17-31/h2-7,9-10,21,28H,8,11-17H2,1H3,(H2,27,33,34)/t21-/m0/s1. The maximum Gasteiger partial charge on any atom is 0.274 e. The third-order valence-electron chi connectivity index (χ3n) is 7.17. The Morgan fingerprint density at radius 2 is 1.86 bits per heavy atom. The zero-order chi connectivity index (χ0) is 24.6. The summed E-state index contributed by atoms with van der Waals surface area (Å²) < 4.78 is 24.7. The average Bonchev–Trinajstić information content (AvgIpc) is 3.18. The zero-order valence-corrected chi connectivity index (χ0v) is 20.7. The van der Waals surface area contributed by atoms with Crippen LogP contribution in [0.25, 0.3) is 0 Å². The Labute approximate surface area is 206 Å². The van der Waals surface area contributed by atoms with Crippen LogP contribution in [0.4, 0.5) is 0 Å². The molecule has 9 heteroatoms. The van der Waals surface area contributed by atoms with E-state index in [0.717, 1.165) is 55.5 Å². The van der Waals surface area contributed by atoms with E-state index < -0.39 is 10.0 Å². The van der Waals surface area contributed by atoms with Crippen LogP contribution < -0.4 is 10.5 Å². The van der Waals surface area contributed by atoms with Crippen LogP contribution in [0.3, 0.4) is 0 Å². The van der Waals surface area contributed by atoms with Gasteiger partial charge in [-0.2, -0.15) is 5.10 Å². The van der Waals surface area contributed by atoms with Gasteiger partial charge in [-0.3, -0.25) is 9.48 Å². The molecular weight excluding hydrogens is 462 g/mol. The summed E-state index contributed by atoms with van der Waals surface area (Å²) >= 11 is 0. The minimum Gasteiger partial charge on any atom is -0.333 e. The molecule has 1 amide bonds. The van der Waals surface area contributed by atoms with E-state index in [4.69, 9.17) is 5.14 Å². The van der Waals surface area contributed by atoms with Crippen molar-refractivity contribution >= 4 is 15.9 Å². The molecule has 0 spiro atoms. The van der Waals surface area contributed by atoms with E-state index in [1.54, 1.807) is 24.3 Å². The highest BCUT2D eigenvalue weighted by molar-refractivity contribution is 7.89. The summed E-state index contributed by atoms with van der Waals surface area (Å²) in [5.41, 5.74) is 6.40. The highest BCUT2D eigenvalue weighted by Crippen LogP contribution is 2.27. The smallest absolute Gasteiger partial charge is 0.274 e. The second-order valence-electron chi connectivity index (χ2n) is 9.48. The summed E-state index contributed by atoms with van der Waals surface area (Å²) in [7, 11) is -1.74. The number of nitrogens with zero attached hydrogens (tertiary/aromatic N) is 3.